The standard InChI is InChI=1S/C14H19O2.Na/c1-11-5-4-9-14(2,3)13(11)7-6-12(16)8-10-15;/h6-8,10H,4-5,9H2,1-3H3;/q;+1/b7-6+;. The number of hydrogen-bond acceptors (Lipinski definition) is 0. The van der Waals surface area contributed by atoms with Crippen molar-refractivity contribution in [3.63, 3.8) is 0 Å². The molecule has 17 heavy (non-hydrogen) atoms. The molecule has 2 nitrogen and oxygen atoms in total. The summed E-state index contributed by atoms with van der Waals surface area (Å²) in [5, 5.41) is 21.3. The van der Waals surface area contributed by atoms with Crippen LogP contribution in [0.4, 0.5) is 0 Å². The van der Waals surface area contributed by atoms with E-state index in [9.17, 15) is 10.2 Å². The van der Waals surface area contributed by atoms with Gasteiger partial charge in [0.25, 0.3) is 0 Å². The van der Waals surface area contributed by atoms with Crippen molar-refractivity contribution in [1.29, 1.82) is 0 Å². The van der Waals surface area contributed by atoms with Crippen LogP contribution in [0.5, 0.6) is 0 Å². The average Bonchev–Trinajstić information content (AvgIpc) is 2.16. The van der Waals surface area contributed by atoms with Gasteiger partial charge in [-0.2, -0.15) is 0 Å². The van der Waals surface area contributed by atoms with Crippen LogP contribution in [0.25, 0.3) is 0 Å². The Hall–Kier alpha value is 0.400. The first kappa shape index (κ1) is 17.4. The fraction of sp³-hybridized carbons (Fsp3) is 0.500. The van der Waals surface area contributed by atoms with Crippen molar-refractivity contribution in [1.82, 2.24) is 0 Å². The van der Waals surface area contributed by atoms with Gasteiger partial charge in [0.2, 0.25) is 0 Å². The van der Waals surface area contributed by atoms with Crippen molar-refractivity contribution < 1.29 is 39.8 Å². The minimum Gasteiger partial charge on any atom is -0.230 e. The van der Waals surface area contributed by atoms with Gasteiger partial charge in [-0.25, -0.2) is 10.2 Å². The molecule has 0 aliphatic heterocycles. The molecule has 0 heterocycles. The quantitative estimate of drug-likeness (QED) is 0.655. The molecule has 1 aliphatic carbocycles. The summed E-state index contributed by atoms with van der Waals surface area (Å²) < 4.78 is 0. The van der Waals surface area contributed by atoms with Crippen LogP contribution in [0.1, 0.15) is 40.0 Å². The van der Waals surface area contributed by atoms with E-state index in [0.717, 1.165) is 19.3 Å². The minimum atomic E-state index is -0.239. The first-order valence-corrected chi connectivity index (χ1v) is 5.68. The summed E-state index contributed by atoms with van der Waals surface area (Å²) in [4.78, 5) is 0. The van der Waals surface area contributed by atoms with Crippen molar-refractivity contribution in [3.05, 3.63) is 42.4 Å². The second kappa shape index (κ2) is 7.75. The molecule has 3 heteroatoms. The van der Waals surface area contributed by atoms with Crippen LogP contribution >= 0.6 is 0 Å². The molecule has 0 aromatic rings. The van der Waals surface area contributed by atoms with Crippen LogP contribution in [0.3, 0.4) is 0 Å². The normalized spacial score (nSPS) is 19.9. The van der Waals surface area contributed by atoms with Crippen LogP contribution in [0.15, 0.2) is 23.3 Å². The Morgan fingerprint density at radius 1 is 1.35 bits per heavy atom. The van der Waals surface area contributed by atoms with E-state index in [1.807, 2.05) is 6.08 Å². The molecule has 1 aliphatic rings. The first-order valence-electron chi connectivity index (χ1n) is 5.68. The third-order valence-electron chi connectivity index (χ3n) is 3.19. The van der Waals surface area contributed by atoms with Crippen LogP contribution in [-0.2, 0) is 10.2 Å². The monoisotopic (exact) mass is 242 g/mol. The fourth-order valence-corrected chi connectivity index (χ4v) is 2.30. The van der Waals surface area contributed by atoms with E-state index in [0.29, 0.717) is 6.61 Å². The van der Waals surface area contributed by atoms with Gasteiger partial charge in [-0.05, 0) is 43.3 Å². The molecule has 0 bridgehead atoms. The molecule has 0 aromatic carbocycles. The average molecular weight is 242 g/mol. The third-order valence-corrected chi connectivity index (χ3v) is 3.19. The Morgan fingerprint density at radius 2 is 2.00 bits per heavy atom. The predicted molar refractivity (Wildman–Crippen MR) is 62.7 cm³/mol. The molecule has 0 fully saturated rings. The van der Waals surface area contributed by atoms with Crippen LogP contribution in [-0.4, -0.2) is 0 Å². The van der Waals surface area contributed by atoms with Gasteiger partial charge < -0.3 is 0 Å². The van der Waals surface area contributed by atoms with E-state index in [-0.39, 0.29) is 41.1 Å². The Bertz CT molecular complexity index is 293. The van der Waals surface area contributed by atoms with Gasteiger partial charge in [-0.3, -0.25) is 0 Å². The third kappa shape index (κ3) is 5.27. The largest absolute Gasteiger partial charge is 1.00 e. The maximum Gasteiger partial charge on any atom is 1.00 e. The van der Waals surface area contributed by atoms with Gasteiger partial charge in [-0.1, -0.05) is 25.5 Å². The SMILES string of the molecule is CC1=C(/C=C/[C]([O])[CH][CH][O])C(C)(C)CCC1.[Na+]. The first-order chi connectivity index (χ1) is 7.47. The summed E-state index contributed by atoms with van der Waals surface area (Å²) in [5.74, 6) is 0. The number of rotatable bonds is 4. The molecule has 0 saturated heterocycles. The molecule has 0 unspecified atom stereocenters. The van der Waals surface area contributed by atoms with Gasteiger partial charge in [0.05, 0.1) is 0 Å². The molecule has 0 saturated carbocycles. The van der Waals surface area contributed by atoms with E-state index < -0.39 is 0 Å². The van der Waals surface area contributed by atoms with E-state index in [4.69, 9.17) is 0 Å². The Labute approximate surface area is 127 Å². The van der Waals surface area contributed by atoms with Crippen molar-refractivity contribution >= 4 is 0 Å². The van der Waals surface area contributed by atoms with E-state index in [2.05, 4.69) is 20.8 Å². The van der Waals surface area contributed by atoms with E-state index in [1.54, 1.807) is 0 Å². The van der Waals surface area contributed by atoms with Crippen LogP contribution < -0.4 is 29.6 Å². The van der Waals surface area contributed by atoms with Gasteiger partial charge in [-0.15, -0.1) is 0 Å². The van der Waals surface area contributed by atoms with Crippen LogP contribution in [0.2, 0.25) is 0 Å². The summed E-state index contributed by atoms with van der Waals surface area (Å²) in [6.07, 6.45) is 7.63. The summed E-state index contributed by atoms with van der Waals surface area (Å²) in [6.45, 7) is 7.04. The Kier molecular flexibility index (Phi) is 7.93. The second-order valence-electron chi connectivity index (χ2n) is 4.97. The summed E-state index contributed by atoms with van der Waals surface area (Å²) in [6, 6.07) is 0. The van der Waals surface area contributed by atoms with Crippen molar-refractivity contribution in [2.45, 2.75) is 40.0 Å². The zero-order chi connectivity index (χ0) is 12.2. The zero-order valence-corrected chi connectivity index (χ0v) is 13.2. The summed E-state index contributed by atoms with van der Waals surface area (Å²) in [5.41, 5.74) is 2.73. The van der Waals surface area contributed by atoms with Crippen molar-refractivity contribution in [3.8, 4) is 0 Å². The Morgan fingerprint density at radius 3 is 2.53 bits per heavy atom. The van der Waals surface area contributed by atoms with Crippen molar-refractivity contribution in [2.75, 3.05) is 0 Å². The van der Waals surface area contributed by atoms with E-state index >= 15 is 0 Å². The summed E-state index contributed by atoms with van der Waals surface area (Å²) in [7, 11) is 0. The molecule has 1 rings (SSSR count). The van der Waals surface area contributed by atoms with Gasteiger partial charge in [0.15, 0.2) is 6.10 Å². The number of hydrogen-bond donors (Lipinski definition) is 0. The Balaban J connectivity index is 0.00000256. The van der Waals surface area contributed by atoms with Gasteiger partial charge >= 0.3 is 29.6 Å². The molecular formula is C14H19NaO2+. The maximum atomic E-state index is 11.2. The fourth-order valence-electron chi connectivity index (χ4n) is 2.30. The molecule has 0 atom stereocenters. The second-order valence-corrected chi connectivity index (χ2v) is 4.97. The predicted octanol–water partition coefficient (Wildman–Crippen LogP) is 0.832. The molecule has 0 amide bonds. The maximum absolute atomic E-state index is 11.2. The molecule has 0 N–H and O–H groups in total. The number of allylic oxidation sites excluding steroid dienone is 3. The summed E-state index contributed by atoms with van der Waals surface area (Å²) >= 11 is 0. The molecule has 5 radical (unpaired) electrons. The minimum absolute atomic E-state index is 0. The topological polar surface area (TPSA) is 39.8 Å². The molecule has 0 spiro atoms. The zero-order valence-electron chi connectivity index (χ0n) is 11.2. The van der Waals surface area contributed by atoms with E-state index in [1.165, 1.54) is 23.6 Å². The molecule has 0 aromatic heterocycles. The van der Waals surface area contributed by atoms with Gasteiger partial charge in [0.1, 0.15) is 6.61 Å². The van der Waals surface area contributed by atoms with Crippen LogP contribution in [0, 0.1) is 24.5 Å². The van der Waals surface area contributed by atoms with Crippen molar-refractivity contribution in [2.24, 2.45) is 5.41 Å². The molecule has 87 valence electrons. The molecular weight excluding hydrogens is 223 g/mol. The van der Waals surface area contributed by atoms with Gasteiger partial charge in [0, 0.05) is 6.42 Å². The smallest absolute Gasteiger partial charge is 0.230 e.